The van der Waals surface area contributed by atoms with Crippen LogP contribution in [-0.4, -0.2) is 40.6 Å². The maximum atomic E-state index is 12.5. The number of benzene rings is 2. The molecule has 0 aliphatic carbocycles. The zero-order valence-corrected chi connectivity index (χ0v) is 16.7. The highest BCUT2D eigenvalue weighted by molar-refractivity contribution is 6.33. The van der Waals surface area contributed by atoms with Crippen molar-refractivity contribution in [2.75, 3.05) is 19.4 Å². The number of hydrogen-bond acceptors (Lipinski definition) is 4. The highest BCUT2D eigenvalue weighted by Crippen LogP contribution is 2.23. The van der Waals surface area contributed by atoms with E-state index in [1.54, 1.807) is 26.2 Å². The highest BCUT2D eigenvalue weighted by atomic mass is 35.5. The van der Waals surface area contributed by atoms with Gasteiger partial charge in [0, 0.05) is 31.3 Å². The standard InChI is InChI=1S/C21H19ClN4O3/c1-25(2)21(29)15-8-9-16(22)18(12-15)23-19(27)13-26-20(28)11-10-17(24-26)14-6-4-3-5-7-14/h3-12H,13H2,1-2H3,(H,23,27). The van der Waals surface area contributed by atoms with Gasteiger partial charge in [-0.2, -0.15) is 5.10 Å². The van der Waals surface area contributed by atoms with E-state index < -0.39 is 11.5 Å². The van der Waals surface area contributed by atoms with Crippen molar-refractivity contribution in [2.45, 2.75) is 6.54 Å². The first-order chi connectivity index (χ1) is 13.8. The molecular weight excluding hydrogens is 392 g/mol. The zero-order chi connectivity index (χ0) is 21.0. The first-order valence-corrected chi connectivity index (χ1v) is 9.17. The van der Waals surface area contributed by atoms with Crippen LogP contribution in [0.1, 0.15) is 10.4 Å². The monoisotopic (exact) mass is 410 g/mol. The van der Waals surface area contributed by atoms with E-state index in [4.69, 9.17) is 11.6 Å². The molecule has 0 fully saturated rings. The molecule has 0 aliphatic rings. The molecule has 0 unspecified atom stereocenters. The Bertz CT molecular complexity index is 1110. The molecule has 0 spiro atoms. The van der Waals surface area contributed by atoms with Gasteiger partial charge in [-0.1, -0.05) is 41.9 Å². The van der Waals surface area contributed by atoms with E-state index in [2.05, 4.69) is 10.4 Å². The zero-order valence-electron chi connectivity index (χ0n) is 15.9. The Balaban J connectivity index is 1.80. The van der Waals surface area contributed by atoms with Crippen LogP contribution in [0.25, 0.3) is 11.3 Å². The summed E-state index contributed by atoms with van der Waals surface area (Å²) in [6, 6.07) is 16.9. The molecule has 148 valence electrons. The van der Waals surface area contributed by atoms with Crippen molar-refractivity contribution in [3.8, 4) is 11.3 Å². The van der Waals surface area contributed by atoms with Crippen LogP contribution in [0.3, 0.4) is 0 Å². The maximum Gasteiger partial charge on any atom is 0.267 e. The van der Waals surface area contributed by atoms with Crippen molar-refractivity contribution in [3.63, 3.8) is 0 Å². The molecule has 1 heterocycles. The molecule has 0 bridgehead atoms. The first-order valence-electron chi connectivity index (χ1n) is 8.80. The second kappa shape index (κ2) is 8.70. The first kappa shape index (κ1) is 20.3. The fourth-order valence-electron chi connectivity index (χ4n) is 2.66. The van der Waals surface area contributed by atoms with E-state index in [0.717, 1.165) is 10.2 Å². The highest BCUT2D eigenvalue weighted by Gasteiger charge is 2.14. The average molecular weight is 411 g/mol. The van der Waals surface area contributed by atoms with Gasteiger partial charge in [-0.05, 0) is 24.3 Å². The largest absolute Gasteiger partial charge is 0.345 e. The summed E-state index contributed by atoms with van der Waals surface area (Å²) in [6.45, 7) is -0.290. The number of nitrogens with zero attached hydrogens (tertiary/aromatic N) is 3. The van der Waals surface area contributed by atoms with Gasteiger partial charge in [0.1, 0.15) is 6.54 Å². The molecule has 1 aromatic heterocycles. The molecule has 7 nitrogen and oxygen atoms in total. The summed E-state index contributed by atoms with van der Waals surface area (Å²) >= 11 is 6.14. The Morgan fingerprint density at radius 3 is 2.48 bits per heavy atom. The topological polar surface area (TPSA) is 84.3 Å². The van der Waals surface area contributed by atoms with Crippen LogP contribution < -0.4 is 10.9 Å². The van der Waals surface area contributed by atoms with Gasteiger partial charge in [0.05, 0.1) is 16.4 Å². The van der Waals surface area contributed by atoms with Crippen LogP contribution in [0.4, 0.5) is 5.69 Å². The molecule has 0 saturated carbocycles. The lowest BCUT2D eigenvalue weighted by Crippen LogP contribution is -2.29. The van der Waals surface area contributed by atoms with Crippen molar-refractivity contribution in [1.82, 2.24) is 14.7 Å². The van der Waals surface area contributed by atoms with E-state index in [0.29, 0.717) is 11.3 Å². The molecule has 1 N–H and O–H groups in total. The molecule has 3 rings (SSSR count). The van der Waals surface area contributed by atoms with Crippen molar-refractivity contribution in [1.29, 1.82) is 0 Å². The van der Waals surface area contributed by atoms with E-state index in [-0.39, 0.29) is 23.2 Å². The quantitative estimate of drug-likeness (QED) is 0.701. The average Bonchev–Trinajstić information content (AvgIpc) is 2.71. The Hall–Kier alpha value is -3.45. The van der Waals surface area contributed by atoms with Crippen molar-refractivity contribution in [2.24, 2.45) is 0 Å². The number of nitrogens with one attached hydrogen (secondary N) is 1. The predicted octanol–water partition coefficient (Wildman–Crippen LogP) is 2.90. The van der Waals surface area contributed by atoms with Gasteiger partial charge in [0.25, 0.3) is 11.5 Å². The number of anilines is 1. The van der Waals surface area contributed by atoms with Crippen LogP contribution >= 0.6 is 11.6 Å². The van der Waals surface area contributed by atoms with Gasteiger partial charge in [-0.15, -0.1) is 0 Å². The number of halogens is 1. The lowest BCUT2D eigenvalue weighted by atomic mass is 10.1. The van der Waals surface area contributed by atoms with Crippen molar-refractivity contribution < 1.29 is 9.59 Å². The minimum Gasteiger partial charge on any atom is -0.345 e. The Morgan fingerprint density at radius 2 is 1.79 bits per heavy atom. The Labute approximate surface area is 172 Å². The van der Waals surface area contributed by atoms with Gasteiger partial charge in [-0.3, -0.25) is 14.4 Å². The number of rotatable bonds is 5. The lowest BCUT2D eigenvalue weighted by Gasteiger charge is -2.13. The third-order valence-electron chi connectivity index (χ3n) is 4.12. The lowest BCUT2D eigenvalue weighted by molar-refractivity contribution is -0.117. The molecule has 2 aromatic carbocycles. The van der Waals surface area contributed by atoms with Crippen LogP contribution in [0.15, 0.2) is 65.5 Å². The fraction of sp³-hybridized carbons (Fsp3) is 0.143. The summed E-state index contributed by atoms with van der Waals surface area (Å²) in [6.07, 6.45) is 0. The molecule has 0 radical (unpaired) electrons. The Morgan fingerprint density at radius 1 is 1.07 bits per heavy atom. The van der Waals surface area contributed by atoms with E-state index in [1.807, 2.05) is 30.3 Å². The summed E-state index contributed by atoms with van der Waals surface area (Å²) in [5.74, 6) is -0.702. The molecule has 0 saturated heterocycles. The third kappa shape index (κ3) is 4.89. The third-order valence-corrected chi connectivity index (χ3v) is 4.45. The van der Waals surface area contributed by atoms with Crippen molar-refractivity contribution in [3.05, 3.63) is 81.6 Å². The van der Waals surface area contributed by atoms with E-state index in [9.17, 15) is 14.4 Å². The predicted molar refractivity (Wildman–Crippen MR) is 112 cm³/mol. The van der Waals surface area contributed by atoms with E-state index in [1.165, 1.54) is 23.1 Å². The summed E-state index contributed by atoms with van der Waals surface area (Å²) in [4.78, 5) is 38.1. The molecule has 8 heteroatoms. The van der Waals surface area contributed by atoms with Gasteiger partial charge in [0.2, 0.25) is 5.91 Å². The van der Waals surface area contributed by atoms with Crippen LogP contribution in [0, 0.1) is 0 Å². The fourth-order valence-corrected chi connectivity index (χ4v) is 2.83. The molecule has 0 atom stereocenters. The maximum absolute atomic E-state index is 12.5. The van der Waals surface area contributed by atoms with Crippen LogP contribution in [0.2, 0.25) is 5.02 Å². The molecule has 2 amide bonds. The number of carbonyl (C=O) groups is 2. The van der Waals surface area contributed by atoms with Gasteiger partial charge < -0.3 is 10.2 Å². The smallest absolute Gasteiger partial charge is 0.267 e. The SMILES string of the molecule is CN(C)C(=O)c1ccc(Cl)c(NC(=O)Cn2nc(-c3ccccc3)ccc2=O)c1. The minimum absolute atomic E-state index is 0.217. The van der Waals surface area contributed by atoms with Gasteiger partial charge in [-0.25, -0.2) is 4.68 Å². The number of hydrogen-bond donors (Lipinski definition) is 1. The summed E-state index contributed by atoms with van der Waals surface area (Å²) in [7, 11) is 3.26. The second-order valence-corrected chi connectivity index (χ2v) is 6.93. The molecule has 29 heavy (non-hydrogen) atoms. The Kier molecular flexibility index (Phi) is 6.09. The number of amides is 2. The summed E-state index contributed by atoms with van der Waals surface area (Å²) < 4.78 is 1.08. The van der Waals surface area contributed by atoms with Gasteiger partial charge >= 0.3 is 0 Å². The summed E-state index contributed by atoms with van der Waals surface area (Å²) in [5.41, 5.74) is 1.68. The van der Waals surface area contributed by atoms with E-state index >= 15 is 0 Å². The van der Waals surface area contributed by atoms with Crippen LogP contribution in [-0.2, 0) is 11.3 Å². The minimum atomic E-state index is -0.485. The summed E-state index contributed by atoms with van der Waals surface area (Å²) in [5, 5.41) is 7.19. The number of carbonyl (C=O) groups excluding carboxylic acids is 2. The van der Waals surface area contributed by atoms with Crippen LogP contribution in [0.5, 0.6) is 0 Å². The second-order valence-electron chi connectivity index (χ2n) is 6.52. The number of aromatic nitrogens is 2. The molecule has 0 aliphatic heterocycles. The van der Waals surface area contributed by atoms with Crippen molar-refractivity contribution >= 4 is 29.1 Å². The van der Waals surface area contributed by atoms with Gasteiger partial charge in [0.15, 0.2) is 0 Å². The molecule has 3 aromatic rings. The normalized spacial score (nSPS) is 10.4. The molecular formula is C21H19ClN4O3.